The molecule has 1 aliphatic rings. The number of hydrogen-bond donors (Lipinski definition) is 0. The van der Waals surface area contributed by atoms with Gasteiger partial charge in [0.05, 0.1) is 5.52 Å². The van der Waals surface area contributed by atoms with Gasteiger partial charge in [-0.05, 0) is 63.8 Å². The van der Waals surface area contributed by atoms with Gasteiger partial charge in [0.25, 0.3) is 0 Å². The Morgan fingerprint density at radius 2 is 1.89 bits per heavy atom. The Kier molecular flexibility index (Phi) is 8.01. The topological polar surface area (TPSA) is 52.9 Å². The number of piperidine rings is 1. The molecule has 0 saturated carbocycles. The smallest absolute Gasteiger partial charge is 0.410 e. The van der Waals surface area contributed by atoms with Gasteiger partial charge in [0.1, 0.15) is 18.0 Å². The summed E-state index contributed by atoms with van der Waals surface area (Å²) in [5.74, 6) is 1.13. The molecule has 188 valence electrons. The van der Waals surface area contributed by atoms with Gasteiger partial charge in [0, 0.05) is 50.3 Å². The molecular formula is C29H38N2O4. The number of carbonyl (C=O) groups excluding carboxylic acids is 1. The van der Waals surface area contributed by atoms with E-state index in [-0.39, 0.29) is 12.0 Å². The molecule has 1 saturated heterocycles. The minimum absolute atomic E-state index is 0.226. The summed E-state index contributed by atoms with van der Waals surface area (Å²) < 4.78 is 19.7. The maximum absolute atomic E-state index is 12.8. The summed E-state index contributed by atoms with van der Waals surface area (Å²) in [5.41, 5.74) is 3.06. The van der Waals surface area contributed by atoms with Crippen LogP contribution < -0.4 is 4.74 Å². The first-order chi connectivity index (χ1) is 16.9. The molecular weight excluding hydrogens is 440 g/mol. The lowest BCUT2D eigenvalue weighted by Crippen LogP contribution is -2.42. The van der Waals surface area contributed by atoms with Gasteiger partial charge in [-0.1, -0.05) is 36.4 Å². The van der Waals surface area contributed by atoms with E-state index in [9.17, 15) is 4.79 Å². The average molecular weight is 479 g/mol. The van der Waals surface area contributed by atoms with Crippen LogP contribution >= 0.6 is 0 Å². The van der Waals surface area contributed by atoms with Gasteiger partial charge in [0.2, 0.25) is 0 Å². The molecule has 1 aliphatic heterocycles. The van der Waals surface area contributed by atoms with Crippen molar-refractivity contribution in [2.75, 3.05) is 26.8 Å². The van der Waals surface area contributed by atoms with Crippen LogP contribution in [0.1, 0.15) is 57.2 Å². The molecule has 0 radical (unpaired) electrons. The minimum atomic E-state index is -0.496. The number of aromatic nitrogens is 1. The zero-order valence-corrected chi connectivity index (χ0v) is 21.5. The van der Waals surface area contributed by atoms with Crippen molar-refractivity contribution in [3.8, 4) is 5.75 Å². The standard InChI is InChI=1S/C29H38N2O4/c1-29(2,3)35-28(32)30-16-9-13-23(20-30)26-19-24-25(31(26)17-10-18-33-4)14-8-15-27(24)34-21-22-11-6-5-7-12-22/h5-8,11-12,14-15,19,23H,9-10,13,16-18,20-21H2,1-4H3. The number of aryl methyl sites for hydroxylation is 1. The van der Waals surface area contributed by atoms with E-state index < -0.39 is 5.60 Å². The van der Waals surface area contributed by atoms with Crippen LogP contribution in [0.4, 0.5) is 4.79 Å². The molecule has 1 aromatic heterocycles. The minimum Gasteiger partial charge on any atom is -0.488 e. The number of carbonyl (C=O) groups is 1. The number of rotatable bonds is 8. The lowest BCUT2D eigenvalue weighted by Gasteiger charge is -2.34. The summed E-state index contributed by atoms with van der Waals surface area (Å²) in [6.45, 7) is 9.23. The molecule has 0 aliphatic carbocycles. The maximum Gasteiger partial charge on any atom is 0.410 e. The fourth-order valence-corrected chi connectivity index (χ4v) is 4.80. The molecule has 2 heterocycles. The number of nitrogens with zero attached hydrogens (tertiary/aromatic N) is 2. The number of hydrogen-bond acceptors (Lipinski definition) is 4. The average Bonchev–Trinajstić information content (AvgIpc) is 3.22. The van der Waals surface area contributed by atoms with Crippen LogP contribution in [-0.4, -0.2) is 48.0 Å². The van der Waals surface area contributed by atoms with E-state index in [2.05, 4.69) is 34.9 Å². The molecule has 1 atom stereocenters. The SMILES string of the molecule is COCCCn1c(C2CCCN(C(=O)OC(C)(C)C)C2)cc2c(OCc3ccccc3)cccc21. The van der Waals surface area contributed by atoms with Crippen molar-refractivity contribution in [1.29, 1.82) is 0 Å². The Hall–Kier alpha value is -2.99. The maximum atomic E-state index is 12.8. The Morgan fingerprint density at radius 3 is 2.63 bits per heavy atom. The van der Waals surface area contributed by atoms with Crippen molar-refractivity contribution in [2.45, 2.75) is 64.7 Å². The summed E-state index contributed by atoms with van der Waals surface area (Å²) in [4.78, 5) is 14.7. The highest BCUT2D eigenvalue weighted by Gasteiger charge is 2.30. The molecule has 1 amide bonds. The van der Waals surface area contributed by atoms with Gasteiger partial charge in [-0.2, -0.15) is 0 Å². The summed E-state index contributed by atoms with van der Waals surface area (Å²) in [6.07, 6.45) is 2.70. The second-order valence-electron chi connectivity index (χ2n) is 10.3. The Balaban J connectivity index is 1.62. The predicted molar refractivity (Wildman–Crippen MR) is 139 cm³/mol. The highest BCUT2D eigenvalue weighted by molar-refractivity contribution is 5.87. The summed E-state index contributed by atoms with van der Waals surface area (Å²) in [6, 6.07) is 18.8. The molecule has 0 bridgehead atoms. The molecule has 6 heteroatoms. The van der Waals surface area contributed by atoms with Crippen molar-refractivity contribution in [2.24, 2.45) is 0 Å². The van der Waals surface area contributed by atoms with Crippen LogP contribution in [-0.2, 0) is 22.6 Å². The van der Waals surface area contributed by atoms with E-state index in [0.717, 1.165) is 54.6 Å². The van der Waals surface area contributed by atoms with Crippen LogP contribution in [0.2, 0.25) is 0 Å². The van der Waals surface area contributed by atoms with Crippen molar-refractivity contribution in [3.05, 3.63) is 65.9 Å². The number of likely N-dealkylation sites (tertiary alicyclic amines) is 1. The van der Waals surface area contributed by atoms with Crippen LogP contribution in [0.15, 0.2) is 54.6 Å². The fraction of sp³-hybridized carbons (Fsp3) is 0.483. The second-order valence-corrected chi connectivity index (χ2v) is 10.3. The summed E-state index contributed by atoms with van der Waals surface area (Å²) in [5, 5.41) is 1.12. The third-order valence-corrected chi connectivity index (χ3v) is 6.40. The number of amides is 1. The molecule has 6 nitrogen and oxygen atoms in total. The third kappa shape index (κ3) is 6.37. The van der Waals surface area contributed by atoms with E-state index in [1.807, 2.05) is 49.9 Å². The third-order valence-electron chi connectivity index (χ3n) is 6.40. The fourth-order valence-electron chi connectivity index (χ4n) is 4.80. The Bertz CT molecular complexity index is 1120. The van der Waals surface area contributed by atoms with E-state index in [1.54, 1.807) is 7.11 Å². The first-order valence-corrected chi connectivity index (χ1v) is 12.6. The van der Waals surface area contributed by atoms with Crippen molar-refractivity contribution >= 4 is 17.0 Å². The monoisotopic (exact) mass is 478 g/mol. The van der Waals surface area contributed by atoms with Crippen LogP contribution in [0, 0.1) is 0 Å². The molecule has 1 unspecified atom stereocenters. The molecule has 35 heavy (non-hydrogen) atoms. The number of fused-ring (bicyclic) bond motifs is 1. The van der Waals surface area contributed by atoms with E-state index in [4.69, 9.17) is 14.2 Å². The first kappa shape index (κ1) is 25.1. The lowest BCUT2D eigenvalue weighted by molar-refractivity contribution is 0.0196. The van der Waals surface area contributed by atoms with Crippen LogP contribution in [0.3, 0.4) is 0 Å². The van der Waals surface area contributed by atoms with Gasteiger partial charge in [-0.3, -0.25) is 0 Å². The molecule has 3 aromatic rings. The van der Waals surface area contributed by atoms with Crippen molar-refractivity contribution < 1.29 is 19.0 Å². The number of benzene rings is 2. The van der Waals surface area contributed by atoms with Crippen molar-refractivity contribution in [1.82, 2.24) is 9.47 Å². The normalized spacial score (nSPS) is 16.5. The van der Waals surface area contributed by atoms with Gasteiger partial charge >= 0.3 is 6.09 Å². The second kappa shape index (κ2) is 11.2. The molecule has 2 aromatic carbocycles. The summed E-state index contributed by atoms with van der Waals surface area (Å²) >= 11 is 0. The molecule has 1 fully saturated rings. The van der Waals surface area contributed by atoms with Crippen LogP contribution in [0.25, 0.3) is 10.9 Å². The Morgan fingerprint density at radius 1 is 1.09 bits per heavy atom. The highest BCUT2D eigenvalue weighted by atomic mass is 16.6. The van der Waals surface area contributed by atoms with E-state index >= 15 is 0 Å². The molecule has 4 rings (SSSR count). The highest BCUT2D eigenvalue weighted by Crippen LogP contribution is 2.36. The lowest BCUT2D eigenvalue weighted by atomic mass is 9.94. The largest absolute Gasteiger partial charge is 0.488 e. The van der Waals surface area contributed by atoms with Gasteiger partial charge in [-0.15, -0.1) is 0 Å². The quantitative estimate of drug-likeness (QED) is 0.353. The number of methoxy groups -OCH3 is 1. The number of ether oxygens (including phenoxy) is 3. The van der Waals surface area contributed by atoms with Gasteiger partial charge in [0.15, 0.2) is 0 Å². The summed E-state index contributed by atoms with van der Waals surface area (Å²) in [7, 11) is 1.74. The van der Waals surface area contributed by atoms with Crippen LogP contribution in [0.5, 0.6) is 5.75 Å². The predicted octanol–water partition coefficient (Wildman–Crippen LogP) is 6.37. The zero-order chi connectivity index (χ0) is 24.8. The zero-order valence-electron chi connectivity index (χ0n) is 21.5. The van der Waals surface area contributed by atoms with Crippen molar-refractivity contribution in [3.63, 3.8) is 0 Å². The molecule has 0 spiro atoms. The Labute approximate surface area is 208 Å². The van der Waals surface area contributed by atoms with E-state index in [0.29, 0.717) is 19.8 Å². The van der Waals surface area contributed by atoms with Gasteiger partial charge < -0.3 is 23.7 Å². The van der Waals surface area contributed by atoms with Gasteiger partial charge in [-0.25, -0.2) is 4.79 Å². The van der Waals surface area contributed by atoms with E-state index in [1.165, 1.54) is 5.69 Å². The molecule has 0 N–H and O–H groups in total. The first-order valence-electron chi connectivity index (χ1n) is 12.6.